The predicted octanol–water partition coefficient (Wildman–Crippen LogP) is 4.08. The molecule has 0 aliphatic carbocycles. The zero-order chi connectivity index (χ0) is 20.1. The van der Waals surface area contributed by atoms with Crippen molar-refractivity contribution in [3.8, 4) is 11.5 Å². The minimum absolute atomic E-state index is 0.139. The molecule has 0 unspecified atom stereocenters. The second-order valence-corrected chi connectivity index (χ2v) is 6.80. The number of hydrogen-bond acceptors (Lipinski definition) is 6. The molecule has 7 heteroatoms. The van der Waals surface area contributed by atoms with Crippen molar-refractivity contribution in [2.75, 3.05) is 7.11 Å². The van der Waals surface area contributed by atoms with Gasteiger partial charge in [-0.2, -0.15) is 0 Å². The Balaban J connectivity index is 1.89. The second-order valence-electron chi connectivity index (χ2n) is 6.80. The lowest BCUT2D eigenvalue weighted by atomic mass is 9.87. The number of nitrogens with zero attached hydrogens (tertiary/aromatic N) is 1. The Hall–Kier alpha value is -3.87. The summed E-state index contributed by atoms with van der Waals surface area (Å²) < 4.78 is 16.8. The van der Waals surface area contributed by atoms with Gasteiger partial charge in [-0.3, -0.25) is 10.1 Å². The average molecular weight is 389 g/mol. The molecule has 0 saturated heterocycles. The Morgan fingerprint density at radius 3 is 2.45 bits per heavy atom. The van der Waals surface area contributed by atoms with Crippen LogP contribution >= 0.6 is 0 Å². The van der Waals surface area contributed by atoms with E-state index in [1.165, 1.54) is 7.11 Å². The van der Waals surface area contributed by atoms with Gasteiger partial charge in [0, 0.05) is 5.56 Å². The number of ether oxygens (including phenoxy) is 2. The summed E-state index contributed by atoms with van der Waals surface area (Å²) >= 11 is 0. The van der Waals surface area contributed by atoms with Gasteiger partial charge in [-0.1, -0.05) is 42.5 Å². The minimum Gasteiger partial charge on any atom is -0.496 e. The van der Waals surface area contributed by atoms with Crippen molar-refractivity contribution < 1.29 is 18.8 Å². The average Bonchev–Trinajstić information content (AvgIpc) is 3.14. The Kier molecular flexibility index (Phi) is 3.77. The third-order valence-corrected chi connectivity index (χ3v) is 5.30. The maximum Gasteiger partial charge on any atom is 0.365 e. The van der Waals surface area contributed by atoms with Crippen molar-refractivity contribution in [1.29, 1.82) is 0 Å². The van der Waals surface area contributed by atoms with E-state index in [1.807, 2.05) is 30.3 Å². The monoisotopic (exact) mass is 389 g/mol. The normalized spacial score (nSPS) is 17.8. The first-order valence-electron chi connectivity index (χ1n) is 9.01. The van der Waals surface area contributed by atoms with Gasteiger partial charge in [-0.15, -0.1) is 0 Å². The molecule has 3 aromatic carbocycles. The standard InChI is InChI=1S/C22H15NO6/c1-27-16-11-10-12-6-2-3-7-13(12)17(16)18-19-20(29-21(18)23(25)26)14-8-4-5-9-15(14)28-22(19)24/h2-11,18,21H,1H3/t18-,21-/m0/s1. The predicted molar refractivity (Wildman–Crippen MR) is 106 cm³/mol. The molecule has 0 radical (unpaired) electrons. The lowest BCUT2D eigenvalue weighted by Crippen LogP contribution is -2.30. The molecule has 1 aliphatic heterocycles. The van der Waals surface area contributed by atoms with E-state index in [-0.39, 0.29) is 11.3 Å². The number of nitro groups is 1. The van der Waals surface area contributed by atoms with Crippen LogP contribution in [-0.4, -0.2) is 18.3 Å². The third-order valence-electron chi connectivity index (χ3n) is 5.30. The van der Waals surface area contributed by atoms with Gasteiger partial charge >= 0.3 is 11.9 Å². The fraction of sp³-hybridized carbons (Fsp3) is 0.136. The molecule has 144 valence electrons. The van der Waals surface area contributed by atoms with Gasteiger partial charge in [0.25, 0.3) is 0 Å². The molecule has 0 amide bonds. The van der Waals surface area contributed by atoms with Crippen LogP contribution in [-0.2, 0) is 0 Å². The molecular weight excluding hydrogens is 374 g/mol. The Morgan fingerprint density at radius 1 is 0.966 bits per heavy atom. The lowest BCUT2D eigenvalue weighted by molar-refractivity contribution is -0.561. The van der Waals surface area contributed by atoms with Crippen molar-refractivity contribution in [3.05, 3.63) is 92.3 Å². The van der Waals surface area contributed by atoms with E-state index in [2.05, 4.69) is 0 Å². The molecule has 0 N–H and O–H groups in total. The molecule has 0 bridgehead atoms. The van der Waals surface area contributed by atoms with E-state index in [0.29, 0.717) is 22.3 Å². The Labute approximate surface area is 164 Å². The maximum absolute atomic E-state index is 12.9. The quantitative estimate of drug-likeness (QED) is 0.298. The summed E-state index contributed by atoms with van der Waals surface area (Å²) in [5, 5.41) is 14.1. The summed E-state index contributed by atoms with van der Waals surface area (Å²) in [4.78, 5) is 24.3. The number of methoxy groups -OCH3 is 1. The van der Waals surface area contributed by atoms with Gasteiger partial charge in [0.05, 0.1) is 23.0 Å². The molecule has 0 saturated carbocycles. The molecule has 4 aromatic rings. The van der Waals surface area contributed by atoms with Crippen molar-refractivity contribution >= 4 is 21.7 Å². The van der Waals surface area contributed by atoms with Crippen molar-refractivity contribution in [3.63, 3.8) is 0 Å². The number of hydrogen-bond donors (Lipinski definition) is 0. The second kappa shape index (κ2) is 6.34. The smallest absolute Gasteiger partial charge is 0.365 e. The summed E-state index contributed by atoms with van der Waals surface area (Å²) in [5.74, 6) is -0.329. The van der Waals surface area contributed by atoms with Crippen molar-refractivity contribution in [1.82, 2.24) is 0 Å². The molecule has 2 atom stereocenters. The van der Waals surface area contributed by atoms with Gasteiger partial charge in [0.15, 0.2) is 0 Å². The van der Waals surface area contributed by atoms with Gasteiger partial charge < -0.3 is 13.9 Å². The fourth-order valence-electron chi connectivity index (χ4n) is 4.09. The van der Waals surface area contributed by atoms with E-state index >= 15 is 0 Å². The van der Waals surface area contributed by atoms with E-state index in [4.69, 9.17) is 13.9 Å². The third kappa shape index (κ3) is 2.47. The van der Waals surface area contributed by atoms with E-state index < -0.39 is 22.7 Å². The highest BCUT2D eigenvalue weighted by atomic mass is 16.7. The maximum atomic E-state index is 12.9. The van der Waals surface area contributed by atoms with Crippen LogP contribution in [0.1, 0.15) is 17.0 Å². The zero-order valence-electron chi connectivity index (χ0n) is 15.3. The van der Waals surface area contributed by atoms with Crippen molar-refractivity contribution in [2.45, 2.75) is 12.1 Å². The van der Waals surface area contributed by atoms with Gasteiger partial charge in [0.2, 0.25) is 0 Å². The van der Waals surface area contributed by atoms with E-state index in [0.717, 1.165) is 10.8 Å². The van der Waals surface area contributed by atoms with Crippen LogP contribution in [0.4, 0.5) is 0 Å². The molecule has 0 spiro atoms. The van der Waals surface area contributed by atoms with Crippen LogP contribution < -0.4 is 15.1 Å². The van der Waals surface area contributed by atoms with Crippen molar-refractivity contribution in [2.24, 2.45) is 0 Å². The number of para-hydroxylation sites is 1. The number of benzene rings is 3. The van der Waals surface area contributed by atoms with Crippen LogP contribution in [0.15, 0.2) is 69.9 Å². The first kappa shape index (κ1) is 17.2. The van der Waals surface area contributed by atoms with Gasteiger partial charge in [0.1, 0.15) is 23.0 Å². The summed E-state index contributed by atoms with van der Waals surface area (Å²) in [6.07, 6.45) is -1.47. The summed E-state index contributed by atoms with van der Waals surface area (Å²) in [7, 11) is 1.49. The van der Waals surface area contributed by atoms with E-state index in [1.54, 1.807) is 30.3 Å². The molecule has 5 rings (SSSR count). The fourth-order valence-corrected chi connectivity index (χ4v) is 4.09. The van der Waals surface area contributed by atoms with Crippen LogP contribution in [0.3, 0.4) is 0 Å². The van der Waals surface area contributed by atoms with Gasteiger partial charge in [-0.05, 0) is 29.0 Å². The molecular formula is C22H15NO6. The molecule has 0 fully saturated rings. The van der Waals surface area contributed by atoms with E-state index in [9.17, 15) is 14.9 Å². The zero-order valence-corrected chi connectivity index (χ0v) is 15.3. The first-order chi connectivity index (χ1) is 14.1. The molecule has 1 aliphatic rings. The highest BCUT2D eigenvalue weighted by Gasteiger charge is 2.49. The Bertz CT molecular complexity index is 1340. The van der Waals surface area contributed by atoms with Crippen LogP contribution in [0, 0.1) is 10.1 Å². The molecule has 2 heterocycles. The molecule has 1 aromatic heterocycles. The summed E-state index contributed by atoms with van der Waals surface area (Å²) in [6.45, 7) is 0. The number of rotatable bonds is 3. The summed E-state index contributed by atoms with van der Waals surface area (Å²) in [6, 6.07) is 17.9. The minimum atomic E-state index is -1.47. The van der Waals surface area contributed by atoms with Crippen LogP contribution in [0.2, 0.25) is 0 Å². The molecule has 7 nitrogen and oxygen atoms in total. The Morgan fingerprint density at radius 2 is 1.69 bits per heavy atom. The van der Waals surface area contributed by atoms with Gasteiger partial charge in [-0.25, -0.2) is 4.79 Å². The highest BCUT2D eigenvalue weighted by Crippen LogP contribution is 2.48. The highest BCUT2D eigenvalue weighted by molar-refractivity contribution is 5.90. The SMILES string of the molecule is COc1ccc2ccccc2c1[C@H]1c2c(c3ccccc3oc2=O)O[C@@H]1[N+](=O)[O-]. The first-order valence-corrected chi connectivity index (χ1v) is 9.01. The summed E-state index contributed by atoms with van der Waals surface area (Å²) in [5.41, 5.74) is 0.348. The van der Waals surface area contributed by atoms with Crippen LogP contribution in [0.25, 0.3) is 21.7 Å². The largest absolute Gasteiger partial charge is 0.496 e. The lowest BCUT2D eigenvalue weighted by Gasteiger charge is -2.18. The van der Waals surface area contributed by atoms with Crippen LogP contribution in [0.5, 0.6) is 11.5 Å². The topological polar surface area (TPSA) is 91.8 Å². The number of fused-ring (bicyclic) bond motifs is 4. The molecule has 29 heavy (non-hydrogen) atoms.